The second-order valence-corrected chi connectivity index (χ2v) is 2.36. The van der Waals surface area contributed by atoms with Gasteiger partial charge in [0.05, 0.1) is 12.8 Å². The lowest BCUT2D eigenvalue weighted by molar-refractivity contribution is 0.112. The maximum atomic E-state index is 10.5. The number of phenols is 1. The number of phenolic OH excluding ortho intramolecular Hbond substituents is 1. The Kier molecular flexibility index (Phi) is 2.93. The number of carbonyl (C=O) groups is 1. The van der Waals surface area contributed by atoms with Gasteiger partial charge in [-0.25, -0.2) is 0 Å². The van der Waals surface area contributed by atoms with Gasteiger partial charge in [0.2, 0.25) is 0 Å². The van der Waals surface area contributed by atoms with E-state index < -0.39 is 0 Å². The molecular formula is C8H7N3O3. The molecule has 1 aromatic rings. The summed E-state index contributed by atoms with van der Waals surface area (Å²) in [5, 5.41) is 12.7. The fourth-order valence-electron chi connectivity index (χ4n) is 0.986. The van der Waals surface area contributed by atoms with Crippen molar-refractivity contribution in [2.24, 2.45) is 5.11 Å². The van der Waals surface area contributed by atoms with Crippen molar-refractivity contribution in [2.75, 3.05) is 7.11 Å². The zero-order valence-corrected chi connectivity index (χ0v) is 7.34. The zero-order valence-electron chi connectivity index (χ0n) is 7.34. The number of ether oxygens (including phenoxy) is 1. The first-order chi connectivity index (χ1) is 6.74. The van der Waals surface area contributed by atoms with Gasteiger partial charge in [0.1, 0.15) is 0 Å². The lowest BCUT2D eigenvalue weighted by Crippen LogP contribution is -1.87. The minimum Gasteiger partial charge on any atom is -0.504 e. The maximum Gasteiger partial charge on any atom is 0.168 e. The van der Waals surface area contributed by atoms with E-state index in [-0.39, 0.29) is 22.7 Å². The number of carbonyl (C=O) groups excluding carboxylic acids is 1. The first-order valence-corrected chi connectivity index (χ1v) is 3.64. The van der Waals surface area contributed by atoms with Gasteiger partial charge in [-0.05, 0) is 17.7 Å². The predicted molar refractivity (Wildman–Crippen MR) is 48.9 cm³/mol. The zero-order chi connectivity index (χ0) is 10.6. The van der Waals surface area contributed by atoms with E-state index in [9.17, 15) is 9.90 Å². The van der Waals surface area contributed by atoms with Gasteiger partial charge in [0.15, 0.2) is 17.8 Å². The highest BCUT2D eigenvalue weighted by molar-refractivity contribution is 5.86. The first-order valence-electron chi connectivity index (χ1n) is 3.64. The topological polar surface area (TPSA) is 95.3 Å². The number of aromatic hydroxyl groups is 1. The Morgan fingerprint density at radius 3 is 2.86 bits per heavy atom. The third-order valence-corrected chi connectivity index (χ3v) is 1.64. The van der Waals surface area contributed by atoms with E-state index in [4.69, 9.17) is 10.3 Å². The SMILES string of the molecule is COc1ccc(C=O)c(N=[N+]=[N-])c1O. The Hall–Kier alpha value is -2.20. The number of methoxy groups -OCH3 is 1. The van der Waals surface area contributed by atoms with Crippen molar-refractivity contribution in [3.63, 3.8) is 0 Å². The molecule has 1 rings (SSSR count). The van der Waals surface area contributed by atoms with Gasteiger partial charge in [0, 0.05) is 10.5 Å². The van der Waals surface area contributed by atoms with E-state index in [1.807, 2.05) is 0 Å². The van der Waals surface area contributed by atoms with Gasteiger partial charge in [-0.1, -0.05) is 5.11 Å². The standard InChI is InChI=1S/C8H7N3O3/c1-14-6-3-2-5(4-12)7(8(6)13)10-11-9/h2-4,13H,1H3. The average molecular weight is 193 g/mol. The molecule has 1 N–H and O–H groups in total. The van der Waals surface area contributed by atoms with Crippen LogP contribution in [0.2, 0.25) is 0 Å². The van der Waals surface area contributed by atoms with Gasteiger partial charge >= 0.3 is 0 Å². The van der Waals surface area contributed by atoms with E-state index in [2.05, 4.69) is 10.0 Å². The van der Waals surface area contributed by atoms with Crippen molar-refractivity contribution < 1.29 is 14.6 Å². The molecular weight excluding hydrogens is 186 g/mol. The van der Waals surface area contributed by atoms with Gasteiger partial charge in [-0.15, -0.1) is 0 Å². The quantitative estimate of drug-likeness (QED) is 0.344. The third-order valence-electron chi connectivity index (χ3n) is 1.64. The third kappa shape index (κ3) is 1.60. The monoisotopic (exact) mass is 193 g/mol. The molecule has 0 unspecified atom stereocenters. The summed E-state index contributed by atoms with van der Waals surface area (Å²) in [5.41, 5.74) is 8.21. The van der Waals surface area contributed by atoms with Crippen LogP contribution in [0.5, 0.6) is 11.5 Å². The van der Waals surface area contributed by atoms with Crippen LogP contribution < -0.4 is 4.74 Å². The van der Waals surface area contributed by atoms with E-state index in [0.717, 1.165) is 0 Å². The molecule has 72 valence electrons. The van der Waals surface area contributed by atoms with Crippen molar-refractivity contribution in [2.45, 2.75) is 0 Å². The van der Waals surface area contributed by atoms with E-state index in [0.29, 0.717) is 6.29 Å². The summed E-state index contributed by atoms with van der Waals surface area (Å²) in [7, 11) is 1.36. The number of benzene rings is 1. The molecule has 0 aliphatic heterocycles. The molecule has 0 heterocycles. The van der Waals surface area contributed by atoms with Crippen molar-refractivity contribution in [3.8, 4) is 11.5 Å². The summed E-state index contributed by atoms with van der Waals surface area (Å²) in [6.45, 7) is 0. The molecule has 0 saturated carbocycles. The second kappa shape index (κ2) is 4.15. The molecule has 1 aromatic carbocycles. The Balaban J connectivity index is 3.45. The fourth-order valence-corrected chi connectivity index (χ4v) is 0.986. The Morgan fingerprint density at radius 2 is 2.36 bits per heavy atom. The van der Waals surface area contributed by atoms with Crippen LogP contribution in [0.25, 0.3) is 10.4 Å². The molecule has 0 atom stereocenters. The molecule has 0 spiro atoms. The predicted octanol–water partition coefficient (Wildman–Crippen LogP) is 2.16. The molecule has 6 heteroatoms. The summed E-state index contributed by atoms with van der Waals surface area (Å²) in [6, 6.07) is 2.81. The Morgan fingerprint density at radius 1 is 1.64 bits per heavy atom. The number of nitrogens with zero attached hydrogens (tertiary/aromatic N) is 3. The second-order valence-electron chi connectivity index (χ2n) is 2.36. The van der Waals surface area contributed by atoms with Crippen LogP contribution in [0.4, 0.5) is 5.69 Å². The van der Waals surface area contributed by atoms with Gasteiger partial charge in [0.25, 0.3) is 0 Å². The molecule has 0 aliphatic rings. The van der Waals surface area contributed by atoms with E-state index in [1.54, 1.807) is 0 Å². The first kappa shape index (κ1) is 9.88. The van der Waals surface area contributed by atoms with Crippen molar-refractivity contribution >= 4 is 12.0 Å². The molecule has 0 saturated heterocycles. The highest BCUT2D eigenvalue weighted by Gasteiger charge is 2.10. The molecule has 0 fully saturated rings. The molecule has 0 radical (unpaired) electrons. The summed E-state index contributed by atoms with van der Waals surface area (Å²) in [6.07, 6.45) is 0.489. The van der Waals surface area contributed by atoms with Crippen LogP contribution in [-0.2, 0) is 0 Å². The molecule has 0 aliphatic carbocycles. The van der Waals surface area contributed by atoms with Gasteiger partial charge in [-0.2, -0.15) is 0 Å². The summed E-state index contributed by atoms with van der Waals surface area (Å²) in [4.78, 5) is 13.0. The van der Waals surface area contributed by atoms with Crippen molar-refractivity contribution in [1.29, 1.82) is 0 Å². The molecule has 0 aromatic heterocycles. The minimum absolute atomic E-state index is 0.112. The van der Waals surface area contributed by atoms with Crippen LogP contribution in [0.3, 0.4) is 0 Å². The molecule has 0 bridgehead atoms. The molecule has 6 nitrogen and oxygen atoms in total. The van der Waals surface area contributed by atoms with Gasteiger partial charge < -0.3 is 9.84 Å². The summed E-state index contributed by atoms with van der Waals surface area (Å²) < 4.78 is 4.78. The highest BCUT2D eigenvalue weighted by atomic mass is 16.5. The number of rotatable bonds is 3. The van der Waals surface area contributed by atoms with Crippen LogP contribution >= 0.6 is 0 Å². The molecule has 0 amide bonds. The normalized spacial score (nSPS) is 8.93. The van der Waals surface area contributed by atoms with Crippen LogP contribution in [-0.4, -0.2) is 18.5 Å². The number of hydrogen-bond acceptors (Lipinski definition) is 4. The lowest BCUT2D eigenvalue weighted by atomic mass is 10.1. The van der Waals surface area contributed by atoms with Crippen molar-refractivity contribution in [3.05, 3.63) is 28.1 Å². The minimum atomic E-state index is -0.338. The van der Waals surface area contributed by atoms with Crippen LogP contribution in [0.1, 0.15) is 10.4 Å². The summed E-state index contributed by atoms with van der Waals surface area (Å²) in [5.74, 6) is -0.187. The fraction of sp³-hybridized carbons (Fsp3) is 0.125. The van der Waals surface area contributed by atoms with Crippen molar-refractivity contribution in [1.82, 2.24) is 0 Å². The smallest absolute Gasteiger partial charge is 0.168 e. The Labute approximate surface area is 79.4 Å². The Bertz CT molecular complexity index is 411. The summed E-state index contributed by atoms with van der Waals surface area (Å²) >= 11 is 0. The van der Waals surface area contributed by atoms with E-state index >= 15 is 0 Å². The number of aldehydes is 1. The largest absolute Gasteiger partial charge is 0.504 e. The highest BCUT2D eigenvalue weighted by Crippen LogP contribution is 2.38. The lowest BCUT2D eigenvalue weighted by Gasteiger charge is -2.06. The van der Waals surface area contributed by atoms with E-state index in [1.165, 1.54) is 19.2 Å². The van der Waals surface area contributed by atoms with Crippen LogP contribution in [0, 0.1) is 0 Å². The maximum absolute atomic E-state index is 10.5. The van der Waals surface area contributed by atoms with Crippen LogP contribution in [0.15, 0.2) is 17.2 Å². The average Bonchev–Trinajstić information content (AvgIpc) is 2.21. The van der Waals surface area contributed by atoms with Gasteiger partial charge in [-0.3, -0.25) is 4.79 Å². The number of hydrogen-bond donors (Lipinski definition) is 1. The molecule has 14 heavy (non-hydrogen) atoms. The number of azide groups is 1.